The minimum absolute atomic E-state index is 0.122. The minimum atomic E-state index is -4.77. The van der Waals surface area contributed by atoms with Crippen LogP contribution in [0.5, 0.6) is 0 Å². The van der Waals surface area contributed by atoms with Crippen molar-refractivity contribution in [1.29, 1.82) is 0 Å². The van der Waals surface area contributed by atoms with Crippen LogP contribution in [0.3, 0.4) is 0 Å². The first-order valence-electron chi connectivity index (χ1n) is 17.0. The molecule has 0 aromatic carbocycles. The molecule has 0 rings (SSSR count). The Bertz CT molecular complexity index is 892. The van der Waals surface area contributed by atoms with Crippen LogP contribution in [-0.4, -0.2) is 52.3 Å². The van der Waals surface area contributed by atoms with E-state index in [-0.39, 0.29) is 25.6 Å². The SMILES string of the molecule is CCCCCCCCCCCC(=O)OC[C@H](COP(=O)(O)O)OC(=O)CCC/C=C\C/C=C\C/C=C\C/C=C\CC[C@H](O)CC. The van der Waals surface area contributed by atoms with Gasteiger partial charge in [-0.05, 0) is 57.8 Å². The van der Waals surface area contributed by atoms with Crippen molar-refractivity contribution >= 4 is 19.8 Å². The molecular weight excluding hydrogens is 595 g/mol. The van der Waals surface area contributed by atoms with Crippen LogP contribution in [0.2, 0.25) is 0 Å². The van der Waals surface area contributed by atoms with Crippen LogP contribution in [0.4, 0.5) is 0 Å². The molecule has 0 fully saturated rings. The van der Waals surface area contributed by atoms with Crippen molar-refractivity contribution in [2.75, 3.05) is 13.2 Å². The smallest absolute Gasteiger partial charge is 0.462 e. The molecule has 2 atom stereocenters. The van der Waals surface area contributed by atoms with Crippen molar-refractivity contribution in [2.45, 2.75) is 148 Å². The summed E-state index contributed by atoms with van der Waals surface area (Å²) >= 11 is 0. The number of carbonyl (C=O) groups excluding carboxylic acids is 2. The lowest BCUT2D eigenvalue weighted by Crippen LogP contribution is -2.29. The largest absolute Gasteiger partial charge is 0.469 e. The van der Waals surface area contributed by atoms with Crippen LogP contribution in [-0.2, 0) is 28.2 Å². The zero-order chi connectivity index (χ0) is 33.4. The van der Waals surface area contributed by atoms with E-state index in [1.165, 1.54) is 32.1 Å². The molecule has 10 heteroatoms. The molecule has 3 N–H and O–H groups in total. The molecule has 0 aromatic heterocycles. The third-order valence-electron chi connectivity index (χ3n) is 7.01. The number of esters is 2. The molecule has 0 heterocycles. The van der Waals surface area contributed by atoms with Gasteiger partial charge in [0.25, 0.3) is 0 Å². The summed E-state index contributed by atoms with van der Waals surface area (Å²) in [5.41, 5.74) is 0. The molecule has 260 valence electrons. The third kappa shape index (κ3) is 33.2. The molecule has 9 nitrogen and oxygen atoms in total. The van der Waals surface area contributed by atoms with Gasteiger partial charge in [-0.3, -0.25) is 14.1 Å². The van der Waals surface area contributed by atoms with E-state index in [4.69, 9.17) is 19.3 Å². The summed E-state index contributed by atoms with van der Waals surface area (Å²) in [5, 5.41) is 9.51. The second-order valence-corrected chi connectivity index (χ2v) is 12.5. The predicted octanol–water partition coefficient (Wildman–Crippen LogP) is 8.59. The second-order valence-electron chi connectivity index (χ2n) is 11.3. The quantitative estimate of drug-likeness (QED) is 0.0300. The second kappa shape index (κ2) is 30.6. The first kappa shape index (κ1) is 43.0. The highest BCUT2D eigenvalue weighted by atomic mass is 31.2. The predicted molar refractivity (Wildman–Crippen MR) is 180 cm³/mol. The van der Waals surface area contributed by atoms with Crippen molar-refractivity contribution in [3.05, 3.63) is 48.6 Å². The molecule has 0 spiro atoms. The van der Waals surface area contributed by atoms with Crippen molar-refractivity contribution < 1.29 is 43.0 Å². The summed E-state index contributed by atoms with van der Waals surface area (Å²) < 4.78 is 26.1. The maximum absolute atomic E-state index is 12.3. The van der Waals surface area contributed by atoms with E-state index in [0.717, 1.165) is 57.8 Å². The number of allylic oxidation sites excluding steroid dienone is 8. The van der Waals surface area contributed by atoms with Crippen LogP contribution >= 0.6 is 7.82 Å². The molecule has 0 aromatic rings. The number of aliphatic hydroxyl groups is 1. The number of carbonyl (C=O) groups is 2. The summed E-state index contributed by atoms with van der Waals surface area (Å²) in [6.07, 6.45) is 32.2. The summed E-state index contributed by atoms with van der Waals surface area (Å²) in [6, 6.07) is 0. The van der Waals surface area contributed by atoms with E-state index >= 15 is 0 Å². The number of hydrogen-bond acceptors (Lipinski definition) is 7. The van der Waals surface area contributed by atoms with Gasteiger partial charge in [0, 0.05) is 12.8 Å². The highest BCUT2D eigenvalue weighted by Gasteiger charge is 2.22. The molecular formula is C35H61O9P. The fraction of sp³-hybridized carbons (Fsp3) is 0.714. The molecule has 0 amide bonds. The zero-order valence-corrected chi connectivity index (χ0v) is 28.8. The fourth-order valence-corrected chi connectivity index (χ4v) is 4.65. The lowest BCUT2D eigenvalue weighted by molar-refractivity contribution is -0.161. The molecule has 45 heavy (non-hydrogen) atoms. The average molecular weight is 657 g/mol. The van der Waals surface area contributed by atoms with E-state index in [0.29, 0.717) is 19.3 Å². The first-order chi connectivity index (χ1) is 21.7. The Kier molecular flexibility index (Phi) is 29.2. The van der Waals surface area contributed by atoms with Gasteiger partial charge >= 0.3 is 19.8 Å². The minimum Gasteiger partial charge on any atom is -0.462 e. The van der Waals surface area contributed by atoms with Crippen molar-refractivity contribution in [2.24, 2.45) is 0 Å². The lowest BCUT2D eigenvalue weighted by atomic mass is 10.1. The Balaban J connectivity index is 4.14. The molecule has 0 radical (unpaired) electrons. The van der Waals surface area contributed by atoms with E-state index in [2.05, 4.69) is 47.9 Å². The molecule has 0 bridgehead atoms. The highest BCUT2D eigenvalue weighted by Crippen LogP contribution is 2.35. The van der Waals surface area contributed by atoms with Crippen molar-refractivity contribution in [3.63, 3.8) is 0 Å². The number of unbranched alkanes of at least 4 members (excludes halogenated alkanes) is 9. The van der Waals surface area contributed by atoms with Gasteiger partial charge in [-0.2, -0.15) is 0 Å². The molecule has 0 aliphatic carbocycles. The Labute approximate surface area is 272 Å². The van der Waals surface area contributed by atoms with Crippen LogP contribution in [0.25, 0.3) is 0 Å². The number of phosphoric ester groups is 1. The number of hydrogen-bond donors (Lipinski definition) is 3. The summed E-state index contributed by atoms with van der Waals surface area (Å²) in [5.74, 6) is -0.976. The Morgan fingerprint density at radius 2 is 1.18 bits per heavy atom. The monoisotopic (exact) mass is 656 g/mol. The summed E-state index contributed by atoms with van der Waals surface area (Å²) in [6.45, 7) is 3.30. The van der Waals surface area contributed by atoms with Gasteiger partial charge in [0.1, 0.15) is 6.61 Å². The highest BCUT2D eigenvalue weighted by molar-refractivity contribution is 7.46. The molecule has 0 saturated carbocycles. The normalized spacial score (nSPS) is 13.8. The van der Waals surface area contributed by atoms with E-state index in [1.807, 2.05) is 19.1 Å². The van der Waals surface area contributed by atoms with Gasteiger partial charge in [-0.1, -0.05) is 114 Å². The summed E-state index contributed by atoms with van der Waals surface area (Å²) in [7, 11) is -4.77. The Hall–Kier alpha value is -2.03. The Morgan fingerprint density at radius 1 is 0.667 bits per heavy atom. The van der Waals surface area contributed by atoms with Gasteiger partial charge < -0.3 is 24.4 Å². The zero-order valence-electron chi connectivity index (χ0n) is 27.9. The van der Waals surface area contributed by atoms with Gasteiger partial charge in [-0.15, -0.1) is 0 Å². The maximum atomic E-state index is 12.3. The van der Waals surface area contributed by atoms with E-state index < -0.39 is 32.5 Å². The fourth-order valence-electron chi connectivity index (χ4n) is 4.29. The molecule has 0 aliphatic rings. The number of rotatable bonds is 30. The van der Waals surface area contributed by atoms with Crippen molar-refractivity contribution in [3.8, 4) is 0 Å². The molecule has 0 unspecified atom stereocenters. The first-order valence-corrected chi connectivity index (χ1v) is 18.5. The summed E-state index contributed by atoms with van der Waals surface area (Å²) in [4.78, 5) is 42.4. The maximum Gasteiger partial charge on any atom is 0.469 e. The Morgan fingerprint density at radius 3 is 1.73 bits per heavy atom. The lowest BCUT2D eigenvalue weighted by Gasteiger charge is -2.18. The van der Waals surface area contributed by atoms with Gasteiger partial charge in [0.05, 0.1) is 12.7 Å². The van der Waals surface area contributed by atoms with E-state index in [1.54, 1.807) is 0 Å². The average Bonchev–Trinajstić information content (AvgIpc) is 3.00. The van der Waals surface area contributed by atoms with Gasteiger partial charge in [-0.25, -0.2) is 4.57 Å². The topological polar surface area (TPSA) is 140 Å². The van der Waals surface area contributed by atoms with Crippen LogP contribution in [0.15, 0.2) is 48.6 Å². The third-order valence-corrected chi connectivity index (χ3v) is 7.50. The van der Waals surface area contributed by atoms with Gasteiger partial charge in [0.2, 0.25) is 0 Å². The van der Waals surface area contributed by atoms with Crippen LogP contribution < -0.4 is 0 Å². The standard InChI is InChI=1S/C35H61O9P/c1-3-5-6-7-8-15-19-22-25-28-34(37)42-30-33(31-43-45(39,40)41)44-35(38)29-26-23-20-17-14-12-10-9-11-13-16-18-21-24-27-32(36)4-2/h10-13,17-18,20-21,32-33,36H,3-9,14-16,19,22-31H2,1-2H3,(H2,39,40,41)/b12-10-,13-11-,20-17-,21-18-/t32-,33-/m1/s1. The number of phosphoric acid groups is 1. The molecule has 0 saturated heterocycles. The van der Waals surface area contributed by atoms with E-state index in [9.17, 15) is 19.3 Å². The van der Waals surface area contributed by atoms with Gasteiger partial charge in [0.15, 0.2) is 6.10 Å². The van der Waals surface area contributed by atoms with Crippen LogP contribution in [0, 0.1) is 0 Å². The molecule has 0 aliphatic heterocycles. The number of ether oxygens (including phenoxy) is 2. The van der Waals surface area contributed by atoms with Crippen molar-refractivity contribution in [1.82, 2.24) is 0 Å². The number of aliphatic hydroxyl groups excluding tert-OH is 1. The van der Waals surface area contributed by atoms with Crippen LogP contribution in [0.1, 0.15) is 136 Å².